The summed E-state index contributed by atoms with van der Waals surface area (Å²) in [7, 11) is 1.58. The maximum atomic E-state index is 13.2. The topological polar surface area (TPSA) is 103 Å². The zero-order valence-corrected chi connectivity index (χ0v) is 25.3. The van der Waals surface area contributed by atoms with E-state index < -0.39 is 17.8 Å². The number of hydrogen-bond donors (Lipinski definition) is 1. The number of carbonyl (C=O) groups is 3. The van der Waals surface area contributed by atoms with Crippen molar-refractivity contribution in [3.8, 4) is 23.0 Å². The number of nitrogens with zero attached hydrogens (tertiary/aromatic N) is 1. The second-order valence-electron chi connectivity index (χ2n) is 8.87. The van der Waals surface area contributed by atoms with Crippen LogP contribution in [0, 0.1) is 0 Å². The number of imide groups is 2. The van der Waals surface area contributed by atoms with Crippen molar-refractivity contribution in [2.24, 2.45) is 0 Å². The second-order valence-corrected chi connectivity index (χ2v) is 10.2. The fraction of sp³-hybridized carbons (Fsp3) is 0.194. The summed E-state index contributed by atoms with van der Waals surface area (Å²) in [6, 6.07) is 14.3. The lowest BCUT2D eigenvalue weighted by Crippen LogP contribution is -2.54. The minimum atomic E-state index is -0.850. The van der Waals surface area contributed by atoms with Gasteiger partial charge in [-0.05, 0) is 95.0 Å². The second kappa shape index (κ2) is 14.1. The third kappa shape index (κ3) is 7.13. The Balaban J connectivity index is 1.51. The van der Waals surface area contributed by atoms with Crippen LogP contribution in [0.15, 0.2) is 77.3 Å². The molecule has 1 fully saturated rings. The Bertz CT molecular complexity index is 1540. The normalized spacial score (nSPS) is 14.0. The molecule has 0 saturated carbocycles. The molecule has 0 aromatic heterocycles. The average molecular weight is 656 g/mol. The van der Waals surface area contributed by atoms with E-state index in [1.165, 1.54) is 18.2 Å². The van der Waals surface area contributed by atoms with Gasteiger partial charge in [-0.3, -0.25) is 14.9 Å². The molecule has 1 heterocycles. The highest BCUT2D eigenvalue weighted by atomic mass is 79.9. The van der Waals surface area contributed by atoms with Gasteiger partial charge in [0.05, 0.1) is 23.9 Å². The summed E-state index contributed by atoms with van der Waals surface area (Å²) in [5.74, 6) is 0.426. The van der Waals surface area contributed by atoms with Crippen molar-refractivity contribution in [2.75, 3.05) is 31.8 Å². The largest absolute Gasteiger partial charge is 0.493 e. The molecule has 1 saturated heterocycles. The molecule has 1 N–H and O–H groups in total. The fourth-order valence-electron chi connectivity index (χ4n) is 4.14. The molecule has 11 heteroatoms. The molecule has 42 heavy (non-hydrogen) atoms. The Hall–Kier alpha value is -4.28. The maximum absolute atomic E-state index is 13.2. The maximum Gasteiger partial charge on any atom is 0.335 e. The van der Waals surface area contributed by atoms with Crippen LogP contribution in [0.3, 0.4) is 0 Å². The molecule has 3 aromatic carbocycles. The van der Waals surface area contributed by atoms with Crippen molar-refractivity contribution >= 4 is 57.1 Å². The molecule has 0 radical (unpaired) electrons. The van der Waals surface area contributed by atoms with Crippen LogP contribution in [0.25, 0.3) is 6.08 Å². The summed E-state index contributed by atoms with van der Waals surface area (Å²) in [6.45, 7) is 6.33. The van der Waals surface area contributed by atoms with Crippen molar-refractivity contribution in [3.63, 3.8) is 0 Å². The highest BCUT2D eigenvalue weighted by Crippen LogP contribution is 2.38. The van der Waals surface area contributed by atoms with Crippen LogP contribution >= 0.6 is 27.5 Å². The molecule has 4 amide bonds. The third-order valence-electron chi connectivity index (χ3n) is 6.02. The molecule has 0 unspecified atom stereocenters. The van der Waals surface area contributed by atoms with E-state index in [1.54, 1.807) is 31.4 Å². The van der Waals surface area contributed by atoms with Crippen molar-refractivity contribution in [1.29, 1.82) is 0 Å². The number of anilines is 1. The number of rotatable bonds is 12. The molecule has 3 aromatic rings. The predicted molar refractivity (Wildman–Crippen MR) is 164 cm³/mol. The first-order valence-corrected chi connectivity index (χ1v) is 14.1. The first kappa shape index (κ1) is 30.7. The number of nitrogens with one attached hydrogen (secondary N) is 1. The number of halogens is 2. The Morgan fingerprint density at radius 1 is 0.952 bits per heavy atom. The molecular formula is C31H28BrClN2O7. The number of methoxy groups -OCH3 is 1. The van der Waals surface area contributed by atoms with E-state index in [4.69, 9.17) is 30.5 Å². The molecule has 9 nitrogen and oxygen atoms in total. The first-order chi connectivity index (χ1) is 20.2. The van der Waals surface area contributed by atoms with Crippen LogP contribution in [0.5, 0.6) is 23.0 Å². The number of benzene rings is 3. The Labute approximate surface area is 256 Å². The lowest BCUT2D eigenvalue weighted by molar-refractivity contribution is -0.122. The van der Waals surface area contributed by atoms with E-state index in [-0.39, 0.29) is 24.5 Å². The highest BCUT2D eigenvalue weighted by Gasteiger charge is 2.36. The number of barbiturate groups is 1. The predicted octanol–water partition coefficient (Wildman–Crippen LogP) is 6.36. The Morgan fingerprint density at radius 3 is 2.38 bits per heavy atom. The third-order valence-corrected chi connectivity index (χ3v) is 6.87. The Morgan fingerprint density at radius 2 is 1.69 bits per heavy atom. The van der Waals surface area contributed by atoms with Crippen molar-refractivity contribution in [2.45, 2.75) is 13.3 Å². The number of hydrogen-bond acceptors (Lipinski definition) is 7. The van der Waals surface area contributed by atoms with Gasteiger partial charge >= 0.3 is 6.03 Å². The van der Waals surface area contributed by atoms with Gasteiger partial charge in [0, 0.05) is 5.02 Å². The number of amides is 4. The van der Waals surface area contributed by atoms with Gasteiger partial charge in [-0.25, -0.2) is 9.69 Å². The van der Waals surface area contributed by atoms with Gasteiger partial charge in [-0.15, -0.1) is 6.58 Å². The molecule has 4 rings (SSSR count). The number of ether oxygens (including phenoxy) is 4. The van der Waals surface area contributed by atoms with Gasteiger partial charge in [-0.1, -0.05) is 23.7 Å². The zero-order valence-electron chi connectivity index (χ0n) is 22.9. The monoisotopic (exact) mass is 654 g/mol. The standard InChI is InChI=1S/C31H28BrClN2O7/c1-4-6-19-7-12-25(26(17-19)39-3)41-13-14-42-28-24(32)16-20(18-27(28)40-5-2)15-23-29(36)34-31(38)35(30(23)37)22-10-8-21(33)9-11-22/h4,7-12,15-18H,1,5-6,13-14H2,2-3H3,(H,34,36,38). The summed E-state index contributed by atoms with van der Waals surface area (Å²) >= 11 is 9.44. The summed E-state index contributed by atoms with van der Waals surface area (Å²) in [6.07, 6.45) is 3.92. The van der Waals surface area contributed by atoms with Gasteiger partial charge < -0.3 is 18.9 Å². The fourth-order valence-corrected chi connectivity index (χ4v) is 4.84. The van der Waals surface area contributed by atoms with E-state index in [9.17, 15) is 14.4 Å². The Kier molecular flexibility index (Phi) is 10.3. The summed E-state index contributed by atoms with van der Waals surface area (Å²) in [5.41, 5.74) is 1.58. The highest BCUT2D eigenvalue weighted by molar-refractivity contribution is 9.10. The lowest BCUT2D eigenvalue weighted by atomic mass is 10.1. The number of allylic oxidation sites excluding steroid dienone is 1. The quantitative estimate of drug-likeness (QED) is 0.105. The van der Waals surface area contributed by atoms with Gasteiger partial charge in [0.2, 0.25) is 0 Å². The summed E-state index contributed by atoms with van der Waals surface area (Å²) in [4.78, 5) is 39.2. The van der Waals surface area contributed by atoms with E-state index in [0.717, 1.165) is 16.9 Å². The SMILES string of the molecule is C=CCc1ccc(OCCOc2c(Br)cc(C=C3C(=O)NC(=O)N(c4ccc(Cl)cc4)C3=O)cc2OCC)c(OC)c1. The number of carbonyl (C=O) groups excluding carboxylic acids is 3. The molecule has 0 spiro atoms. The van der Waals surface area contributed by atoms with E-state index in [2.05, 4.69) is 27.8 Å². The van der Waals surface area contributed by atoms with Crippen LogP contribution in [0.1, 0.15) is 18.1 Å². The van der Waals surface area contributed by atoms with E-state index in [0.29, 0.717) is 44.7 Å². The minimum absolute atomic E-state index is 0.190. The van der Waals surface area contributed by atoms with Gasteiger partial charge in [0.1, 0.15) is 18.8 Å². The molecule has 0 aliphatic carbocycles. The molecule has 1 aliphatic heterocycles. The van der Waals surface area contributed by atoms with Gasteiger partial charge in [0.15, 0.2) is 23.0 Å². The van der Waals surface area contributed by atoms with Crippen LogP contribution in [0.4, 0.5) is 10.5 Å². The summed E-state index contributed by atoms with van der Waals surface area (Å²) < 4.78 is 23.6. The van der Waals surface area contributed by atoms with Crippen LogP contribution in [-0.4, -0.2) is 44.8 Å². The number of urea groups is 1. The zero-order chi connectivity index (χ0) is 30.2. The average Bonchev–Trinajstić information content (AvgIpc) is 2.96. The minimum Gasteiger partial charge on any atom is -0.493 e. The molecule has 1 aliphatic rings. The van der Waals surface area contributed by atoms with E-state index in [1.807, 2.05) is 31.2 Å². The van der Waals surface area contributed by atoms with Gasteiger partial charge in [-0.2, -0.15) is 0 Å². The molecule has 0 atom stereocenters. The molecule has 218 valence electrons. The van der Waals surface area contributed by atoms with Gasteiger partial charge in [0.25, 0.3) is 11.8 Å². The van der Waals surface area contributed by atoms with Crippen LogP contribution in [0.2, 0.25) is 5.02 Å². The first-order valence-electron chi connectivity index (χ1n) is 12.9. The smallest absolute Gasteiger partial charge is 0.335 e. The van der Waals surface area contributed by atoms with Crippen LogP contribution in [-0.2, 0) is 16.0 Å². The van der Waals surface area contributed by atoms with E-state index >= 15 is 0 Å². The van der Waals surface area contributed by atoms with Crippen molar-refractivity contribution in [1.82, 2.24) is 5.32 Å². The summed E-state index contributed by atoms with van der Waals surface area (Å²) in [5, 5.41) is 2.65. The lowest BCUT2D eigenvalue weighted by Gasteiger charge is -2.26. The molecular weight excluding hydrogens is 628 g/mol. The molecule has 0 bridgehead atoms. The van der Waals surface area contributed by atoms with Crippen molar-refractivity contribution < 1.29 is 33.3 Å². The van der Waals surface area contributed by atoms with Crippen molar-refractivity contribution in [3.05, 3.63) is 93.4 Å². The van der Waals surface area contributed by atoms with Crippen LogP contribution < -0.4 is 29.2 Å².